The van der Waals surface area contributed by atoms with Crippen LogP contribution >= 0.6 is 11.8 Å². The lowest BCUT2D eigenvalue weighted by Gasteiger charge is -2.27. The van der Waals surface area contributed by atoms with Crippen LogP contribution in [0.25, 0.3) is 0 Å². The van der Waals surface area contributed by atoms with Gasteiger partial charge in [-0.15, -0.1) is 0 Å². The molecule has 3 heteroatoms. The van der Waals surface area contributed by atoms with Gasteiger partial charge in [0.25, 0.3) is 0 Å². The lowest BCUT2D eigenvalue weighted by atomic mass is 10.1. The molecule has 2 rings (SSSR count). The minimum absolute atomic E-state index is 0.482. The summed E-state index contributed by atoms with van der Waals surface area (Å²) in [5.41, 5.74) is 1.31. The summed E-state index contributed by atoms with van der Waals surface area (Å²) in [5.74, 6) is 0.992. The lowest BCUT2D eigenvalue weighted by Crippen LogP contribution is -2.34. The first-order valence-electron chi connectivity index (χ1n) is 7.75. The summed E-state index contributed by atoms with van der Waals surface area (Å²) in [6.07, 6.45) is 8.82. The SMILES string of the molecule is CCCOc1cccc(CNCC2(SC)CCCC2)c1. The Morgan fingerprint density at radius 2 is 2.10 bits per heavy atom. The maximum Gasteiger partial charge on any atom is 0.119 e. The van der Waals surface area contributed by atoms with Gasteiger partial charge in [-0.2, -0.15) is 11.8 Å². The van der Waals surface area contributed by atoms with Crippen LogP contribution in [0.15, 0.2) is 24.3 Å². The molecule has 1 saturated carbocycles. The molecule has 0 amide bonds. The first-order chi connectivity index (χ1) is 9.78. The number of ether oxygens (including phenoxy) is 1. The van der Waals surface area contributed by atoms with Gasteiger partial charge in [-0.05, 0) is 43.2 Å². The van der Waals surface area contributed by atoms with Crippen LogP contribution in [-0.4, -0.2) is 24.2 Å². The summed E-state index contributed by atoms with van der Waals surface area (Å²) in [6, 6.07) is 8.46. The highest BCUT2D eigenvalue weighted by molar-refractivity contribution is 8.00. The van der Waals surface area contributed by atoms with Crippen LogP contribution < -0.4 is 10.1 Å². The van der Waals surface area contributed by atoms with Crippen molar-refractivity contribution in [3.63, 3.8) is 0 Å². The average Bonchev–Trinajstić information content (AvgIpc) is 2.95. The molecule has 0 unspecified atom stereocenters. The van der Waals surface area contributed by atoms with Gasteiger partial charge in [-0.1, -0.05) is 31.9 Å². The predicted octanol–water partition coefficient (Wildman–Crippen LogP) is 4.24. The normalized spacial score (nSPS) is 17.3. The van der Waals surface area contributed by atoms with Gasteiger partial charge in [-0.3, -0.25) is 0 Å². The monoisotopic (exact) mass is 293 g/mol. The summed E-state index contributed by atoms with van der Waals surface area (Å²) in [7, 11) is 0. The Labute approximate surface area is 127 Å². The zero-order valence-electron chi connectivity index (χ0n) is 12.8. The van der Waals surface area contributed by atoms with E-state index in [0.717, 1.165) is 31.9 Å². The van der Waals surface area contributed by atoms with Crippen molar-refractivity contribution in [2.75, 3.05) is 19.4 Å². The molecule has 20 heavy (non-hydrogen) atoms. The number of thioether (sulfide) groups is 1. The molecule has 0 aromatic heterocycles. The molecule has 0 heterocycles. The second-order valence-corrected chi connectivity index (χ2v) is 6.97. The van der Waals surface area contributed by atoms with Crippen molar-refractivity contribution in [1.82, 2.24) is 5.32 Å². The molecule has 1 aromatic carbocycles. The van der Waals surface area contributed by atoms with E-state index >= 15 is 0 Å². The Hall–Kier alpha value is -0.670. The molecule has 0 aliphatic heterocycles. The first-order valence-corrected chi connectivity index (χ1v) is 8.98. The van der Waals surface area contributed by atoms with Crippen molar-refractivity contribution >= 4 is 11.8 Å². The van der Waals surface area contributed by atoms with Crippen molar-refractivity contribution in [2.45, 2.75) is 50.3 Å². The summed E-state index contributed by atoms with van der Waals surface area (Å²) >= 11 is 2.04. The van der Waals surface area contributed by atoms with E-state index in [4.69, 9.17) is 4.74 Å². The van der Waals surface area contributed by atoms with Crippen molar-refractivity contribution in [2.24, 2.45) is 0 Å². The van der Waals surface area contributed by atoms with Crippen molar-refractivity contribution in [3.05, 3.63) is 29.8 Å². The van der Waals surface area contributed by atoms with Gasteiger partial charge in [-0.25, -0.2) is 0 Å². The summed E-state index contributed by atoms with van der Waals surface area (Å²) in [6.45, 7) is 4.99. The largest absolute Gasteiger partial charge is 0.494 e. The average molecular weight is 293 g/mol. The number of rotatable bonds is 8. The Balaban J connectivity index is 1.81. The van der Waals surface area contributed by atoms with Gasteiger partial charge in [0.1, 0.15) is 5.75 Å². The molecule has 1 fully saturated rings. The third kappa shape index (κ3) is 4.42. The number of hydrogen-bond acceptors (Lipinski definition) is 3. The lowest BCUT2D eigenvalue weighted by molar-refractivity contribution is 0.317. The molecule has 1 aliphatic rings. The molecule has 0 atom stereocenters. The first kappa shape index (κ1) is 15.7. The molecule has 0 bridgehead atoms. The molecule has 1 aromatic rings. The topological polar surface area (TPSA) is 21.3 Å². The quantitative estimate of drug-likeness (QED) is 0.774. The minimum Gasteiger partial charge on any atom is -0.494 e. The van der Waals surface area contributed by atoms with E-state index in [2.05, 4.69) is 36.7 Å². The third-order valence-electron chi connectivity index (χ3n) is 4.10. The van der Waals surface area contributed by atoms with Crippen LogP contribution in [0.1, 0.15) is 44.6 Å². The molecule has 112 valence electrons. The van der Waals surface area contributed by atoms with Crippen LogP contribution in [0.4, 0.5) is 0 Å². The highest BCUT2D eigenvalue weighted by atomic mass is 32.2. The second kappa shape index (κ2) is 7.94. The van der Waals surface area contributed by atoms with E-state index in [1.165, 1.54) is 31.2 Å². The second-order valence-electron chi connectivity index (χ2n) is 5.69. The van der Waals surface area contributed by atoms with Crippen LogP contribution in [0, 0.1) is 0 Å². The Kier molecular flexibility index (Phi) is 6.24. The minimum atomic E-state index is 0.482. The fraction of sp³-hybridized carbons (Fsp3) is 0.647. The standard InChI is InChI=1S/C17H27NOS/c1-3-11-19-16-8-6-7-15(12-16)13-18-14-17(20-2)9-4-5-10-17/h6-8,12,18H,3-5,9-11,13-14H2,1-2H3. The fourth-order valence-corrected chi connectivity index (χ4v) is 3.82. The third-order valence-corrected chi connectivity index (χ3v) is 5.51. The molecule has 0 spiro atoms. The van der Waals surface area contributed by atoms with E-state index in [0.29, 0.717) is 4.75 Å². The number of benzene rings is 1. The van der Waals surface area contributed by atoms with Gasteiger partial charge in [0.15, 0.2) is 0 Å². The van der Waals surface area contributed by atoms with E-state index in [1.54, 1.807) is 0 Å². The van der Waals surface area contributed by atoms with Crippen LogP contribution in [-0.2, 0) is 6.54 Å². The van der Waals surface area contributed by atoms with E-state index in [-0.39, 0.29) is 0 Å². The highest BCUT2D eigenvalue weighted by Crippen LogP contribution is 2.39. The molecule has 0 radical (unpaired) electrons. The van der Waals surface area contributed by atoms with Gasteiger partial charge in [0.05, 0.1) is 6.61 Å². The maximum atomic E-state index is 5.68. The van der Waals surface area contributed by atoms with Gasteiger partial charge >= 0.3 is 0 Å². The summed E-state index contributed by atoms with van der Waals surface area (Å²) < 4.78 is 6.17. The van der Waals surface area contributed by atoms with E-state index in [1.807, 2.05) is 17.8 Å². The number of hydrogen-bond donors (Lipinski definition) is 1. The Morgan fingerprint density at radius 1 is 1.30 bits per heavy atom. The molecular weight excluding hydrogens is 266 g/mol. The predicted molar refractivity (Wildman–Crippen MR) is 88.6 cm³/mol. The zero-order chi connectivity index (χ0) is 14.3. The molecule has 2 nitrogen and oxygen atoms in total. The molecule has 1 aliphatic carbocycles. The maximum absolute atomic E-state index is 5.68. The molecule has 0 saturated heterocycles. The smallest absolute Gasteiger partial charge is 0.119 e. The summed E-state index contributed by atoms with van der Waals surface area (Å²) in [5, 5.41) is 3.64. The van der Waals surface area contributed by atoms with Gasteiger partial charge < -0.3 is 10.1 Å². The number of nitrogens with one attached hydrogen (secondary N) is 1. The van der Waals surface area contributed by atoms with Crippen LogP contribution in [0.2, 0.25) is 0 Å². The zero-order valence-corrected chi connectivity index (χ0v) is 13.6. The van der Waals surface area contributed by atoms with E-state index in [9.17, 15) is 0 Å². The highest BCUT2D eigenvalue weighted by Gasteiger charge is 2.32. The van der Waals surface area contributed by atoms with Crippen molar-refractivity contribution in [1.29, 1.82) is 0 Å². The fourth-order valence-electron chi connectivity index (χ4n) is 2.87. The van der Waals surface area contributed by atoms with Gasteiger partial charge in [0, 0.05) is 17.8 Å². The summed E-state index contributed by atoms with van der Waals surface area (Å²) in [4.78, 5) is 0. The van der Waals surface area contributed by atoms with Crippen LogP contribution in [0.5, 0.6) is 5.75 Å². The molecule has 1 N–H and O–H groups in total. The van der Waals surface area contributed by atoms with Crippen molar-refractivity contribution < 1.29 is 4.74 Å². The van der Waals surface area contributed by atoms with Gasteiger partial charge in [0.2, 0.25) is 0 Å². The van der Waals surface area contributed by atoms with Crippen molar-refractivity contribution in [3.8, 4) is 5.75 Å². The van der Waals surface area contributed by atoms with Crippen LogP contribution in [0.3, 0.4) is 0 Å². The Morgan fingerprint density at radius 3 is 2.80 bits per heavy atom. The molecular formula is C17H27NOS. The Bertz CT molecular complexity index is 402. The van der Waals surface area contributed by atoms with E-state index < -0.39 is 0 Å².